The Balaban J connectivity index is 1.80. The molecule has 0 spiro atoms. The van der Waals surface area contributed by atoms with Gasteiger partial charge in [-0.3, -0.25) is 4.79 Å². The van der Waals surface area contributed by atoms with Gasteiger partial charge in [-0.1, -0.05) is 54.6 Å². The van der Waals surface area contributed by atoms with Crippen LogP contribution in [0.5, 0.6) is 11.5 Å². The average molecular weight is 469 g/mol. The van der Waals surface area contributed by atoms with Crippen LogP contribution >= 0.6 is 0 Å². The molecule has 0 bridgehead atoms. The van der Waals surface area contributed by atoms with Crippen LogP contribution in [-0.4, -0.2) is 39.4 Å². The first kappa shape index (κ1) is 24.3. The minimum absolute atomic E-state index is 0.0796. The zero-order valence-electron chi connectivity index (χ0n) is 18.9. The summed E-state index contributed by atoms with van der Waals surface area (Å²) in [4.78, 5) is 13.1. The number of nitrogens with zero attached hydrogens (tertiary/aromatic N) is 1. The molecule has 1 N–H and O–H groups in total. The van der Waals surface area contributed by atoms with E-state index in [4.69, 9.17) is 9.47 Å². The third kappa shape index (κ3) is 6.12. The number of carbonyl (C=O) groups excluding carboxylic acids is 1. The smallest absolute Gasteiger partial charge is 0.243 e. The van der Waals surface area contributed by atoms with Crippen LogP contribution in [0.4, 0.5) is 0 Å². The molecule has 3 aromatic carbocycles. The van der Waals surface area contributed by atoms with E-state index in [1.165, 1.54) is 16.4 Å². The third-order valence-corrected chi connectivity index (χ3v) is 6.99. The van der Waals surface area contributed by atoms with E-state index in [0.717, 1.165) is 11.1 Å². The van der Waals surface area contributed by atoms with Crippen LogP contribution in [0.25, 0.3) is 0 Å². The Kier molecular flexibility index (Phi) is 8.08. The standard InChI is InChI=1S/C25H28N2O5S/c1-19(21-14-15-23(31-2)24(16-21)32-3)26-25(28)18-27(17-20-10-6-4-7-11-20)33(29,30)22-12-8-5-9-13-22/h4-16,19H,17-18H2,1-3H3,(H,26,28)/t19-/m0/s1. The molecule has 33 heavy (non-hydrogen) atoms. The van der Waals surface area contributed by atoms with E-state index >= 15 is 0 Å². The second-order valence-electron chi connectivity index (χ2n) is 7.48. The van der Waals surface area contributed by atoms with Crippen LogP contribution in [0.2, 0.25) is 0 Å². The highest BCUT2D eigenvalue weighted by molar-refractivity contribution is 7.89. The van der Waals surface area contributed by atoms with Crippen LogP contribution in [0.1, 0.15) is 24.1 Å². The van der Waals surface area contributed by atoms with Gasteiger partial charge in [0, 0.05) is 6.54 Å². The average Bonchev–Trinajstić information content (AvgIpc) is 2.84. The predicted molar refractivity (Wildman–Crippen MR) is 127 cm³/mol. The third-order valence-electron chi connectivity index (χ3n) is 5.19. The molecule has 7 nitrogen and oxygen atoms in total. The summed E-state index contributed by atoms with van der Waals surface area (Å²) in [5.41, 5.74) is 1.60. The maximum atomic E-state index is 13.3. The number of hydrogen-bond donors (Lipinski definition) is 1. The first-order valence-corrected chi connectivity index (χ1v) is 11.9. The van der Waals surface area contributed by atoms with Gasteiger partial charge in [0.2, 0.25) is 15.9 Å². The molecule has 0 fully saturated rings. The molecule has 0 unspecified atom stereocenters. The highest BCUT2D eigenvalue weighted by Gasteiger charge is 2.27. The molecule has 0 aliphatic carbocycles. The molecule has 0 saturated carbocycles. The van der Waals surface area contributed by atoms with Gasteiger partial charge < -0.3 is 14.8 Å². The molecule has 0 aromatic heterocycles. The van der Waals surface area contributed by atoms with Crippen molar-refractivity contribution in [3.05, 3.63) is 90.0 Å². The molecule has 0 aliphatic rings. The van der Waals surface area contributed by atoms with Gasteiger partial charge in [0.25, 0.3) is 0 Å². The van der Waals surface area contributed by atoms with Crippen molar-refractivity contribution in [2.75, 3.05) is 20.8 Å². The quantitative estimate of drug-likeness (QED) is 0.490. The van der Waals surface area contributed by atoms with Crippen LogP contribution in [0.3, 0.4) is 0 Å². The Morgan fingerprint density at radius 1 is 0.909 bits per heavy atom. The molecule has 1 atom stereocenters. The van der Waals surface area contributed by atoms with Gasteiger partial charge in [0.05, 0.1) is 31.7 Å². The monoisotopic (exact) mass is 468 g/mol. The fourth-order valence-electron chi connectivity index (χ4n) is 3.41. The summed E-state index contributed by atoms with van der Waals surface area (Å²) in [7, 11) is -0.783. The number of carbonyl (C=O) groups is 1. The Bertz CT molecular complexity index is 1170. The predicted octanol–water partition coefficient (Wildman–Crippen LogP) is 3.77. The fourth-order valence-corrected chi connectivity index (χ4v) is 4.81. The molecule has 3 rings (SSSR count). The summed E-state index contributed by atoms with van der Waals surface area (Å²) >= 11 is 0. The van der Waals surface area contributed by atoms with E-state index in [1.54, 1.807) is 44.6 Å². The molecule has 3 aromatic rings. The summed E-state index contributed by atoms with van der Waals surface area (Å²) in [6.45, 7) is 1.59. The number of sulfonamides is 1. The van der Waals surface area contributed by atoms with Gasteiger partial charge in [-0.15, -0.1) is 0 Å². The molecule has 0 aliphatic heterocycles. The number of nitrogens with one attached hydrogen (secondary N) is 1. The molecule has 174 valence electrons. The van der Waals surface area contributed by atoms with Crippen molar-refractivity contribution in [3.63, 3.8) is 0 Å². The van der Waals surface area contributed by atoms with Gasteiger partial charge in [-0.05, 0) is 42.3 Å². The molecule has 0 heterocycles. The molecular formula is C25H28N2O5S. The van der Waals surface area contributed by atoms with Crippen LogP contribution < -0.4 is 14.8 Å². The lowest BCUT2D eigenvalue weighted by Crippen LogP contribution is -2.41. The lowest BCUT2D eigenvalue weighted by Gasteiger charge is -2.23. The highest BCUT2D eigenvalue weighted by Crippen LogP contribution is 2.30. The van der Waals surface area contributed by atoms with Gasteiger partial charge in [0.1, 0.15) is 0 Å². The van der Waals surface area contributed by atoms with Gasteiger partial charge in [-0.2, -0.15) is 4.31 Å². The molecule has 1 amide bonds. The Morgan fingerprint density at radius 3 is 2.12 bits per heavy atom. The summed E-state index contributed by atoms with van der Waals surface area (Å²) in [6, 6.07) is 22.3. The van der Waals surface area contributed by atoms with E-state index in [1.807, 2.05) is 43.3 Å². The minimum Gasteiger partial charge on any atom is -0.493 e. The van der Waals surface area contributed by atoms with E-state index in [2.05, 4.69) is 5.32 Å². The Morgan fingerprint density at radius 2 is 1.52 bits per heavy atom. The number of rotatable bonds is 10. The largest absolute Gasteiger partial charge is 0.493 e. The summed E-state index contributed by atoms with van der Waals surface area (Å²) < 4.78 is 38.4. The number of ether oxygens (including phenoxy) is 2. The summed E-state index contributed by atoms with van der Waals surface area (Å²) in [6.07, 6.45) is 0. The number of amides is 1. The lowest BCUT2D eigenvalue weighted by atomic mass is 10.1. The molecular weight excluding hydrogens is 440 g/mol. The second kappa shape index (κ2) is 11.0. The number of methoxy groups -OCH3 is 2. The van der Waals surface area contributed by atoms with E-state index < -0.39 is 15.9 Å². The van der Waals surface area contributed by atoms with Crippen molar-refractivity contribution in [1.29, 1.82) is 0 Å². The van der Waals surface area contributed by atoms with Crippen LogP contribution in [-0.2, 0) is 21.4 Å². The van der Waals surface area contributed by atoms with E-state index in [-0.39, 0.29) is 24.0 Å². The molecule has 0 saturated heterocycles. The van der Waals surface area contributed by atoms with Crippen molar-refractivity contribution < 1.29 is 22.7 Å². The maximum absolute atomic E-state index is 13.3. The Hall–Kier alpha value is -3.36. The maximum Gasteiger partial charge on any atom is 0.243 e. The molecule has 8 heteroatoms. The zero-order valence-corrected chi connectivity index (χ0v) is 19.7. The summed E-state index contributed by atoms with van der Waals surface area (Å²) in [5, 5.41) is 2.88. The number of benzene rings is 3. The van der Waals surface area contributed by atoms with Crippen molar-refractivity contribution in [2.24, 2.45) is 0 Å². The van der Waals surface area contributed by atoms with Crippen molar-refractivity contribution in [3.8, 4) is 11.5 Å². The molecule has 0 radical (unpaired) electrons. The first-order valence-electron chi connectivity index (χ1n) is 10.5. The minimum atomic E-state index is -3.88. The SMILES string of the molecule is COc1ccc([C@H](C)NC(=O)CN(Cc2ccccc2)S(=O)(=O)c2ccccc2)cc1OC. The first-order chi connectivity index (χ1) is 15.8. The Labute approximate surface area is 195 Å². The van der Waals surface area contributed by atoms with E-state index in [0.29, 0.717) is 11.5 Å². The topological polar surface area (TPSA) is 84.9 Å². The van der Waals surface area contributed by atoms with Crippen LogP contribution in [0.15, 0.2) is 83.8 Å². The van der Waals surface area contributed by atoms with Gasteiger partial charge in [0.15, 0.2) is 11.5 Å². The summed E-state index contributed by atoms with van der Waals surface area (Å²) in [5.74, 6) is 0.726. The van der Waals surface area contributed by atoms with Crippen molar-refractivity contribution >= 4 is 15.9 Å². The normalized spacial score (nSPS) is 12.2. The highest BCUT2D eigenvalue weighted by atomic mass is 32.2. The van der Waals surface area contributed by atoms with Crippen molar-refractivity contribution in [2.45, 2.75) is 24.4 Å². The van der Waals surface area contributed by atoms with Crippen molar-refractivity contribution in [1.82, 2.24) is 9.62 Å². The van der Waals surface area contributed by atoms with Crippen LogP contribution in [0, 0.1) is 0 Å². The zero-order chi connectivity index (χ0) is 23.8. The van der Waals surface area contributed by atoms with Gasteiger partial charge >= 0.3 is 0 Å². The number of hydrogen-bond acceptors (Lipinski definition) is 5. The second-order valence-corrected chi connectivity index (χ2v) is 9.41. The van der Waals surface area contributed by atoms with E-state index in [9.17, 15) is 13.2 Å². The lowest BCUT2D eigenvalue weighted by molar-refractivity contribution is -0.122. The fraction of sp³-hybridized carbons (Fsp3) is 0.240. The van der Waals surface area contributed by atoms with Gasteiger partial charge in [-0.25, -0.2) is 8.42 Å².